The normalized spacial score (nSPS) is 11.7. The summed E-state index contributed by atoms with van der Waals surface area (Å²) in [6.07, 6.45) is 0. The monoisotopic (exact) mass is 464 g/mol. The number of benzene rings is 2. The van der Waals surface area contributed by atoms with Gasteiger partial charge in [0.05, 0.1) is 12.7 Å². The quantitative estimate of drug-likeness (QED) is 0.404. The fourth-order valence-electron chi connectivity index (χ4n) is 3.82. The van der Waals surface area contributed by atoms with Crippen LogP contribution >= 0.6 is 0 Å². The molecule has 0 radical (unpaired) electrons. The SMILES string of the molecule is COc1ccccc1C(=O)NCC(=O)OCC(=O)c1cc(C)n(-c2ccc3c(c2)OCO3)c1C. The Balaban J connectivity index is 1.36. The van der Waals surface area contributed by atoms with Gasteiger partial charge in [0.15, 0.2) is 18.1 Å². The first-order valence-electron chi connectivity index (χ1n) is 10.6. The summed E-state index contributed by atoms with van der Waals surface area (Å²) in [7, 11) is 1.45. The van der Waals surface area contributed by atoms with Crippen molar-refractivity contribution in [3.63, 3.8) is 0 Å². The Morgan fingerprint density at radius 2 is 1.76 bits per heavy atom. The van der Waals surface area contributed by atoms with E-state index in [4.69, 9.17) is 18.9 Å². The lowest BCUT2D eigenvalue weighted by atomic mass is 10.1. The zero-order valence-corrected chi connectivity index (χ0v) is 19.0. The van der Waals surface area contributed by atoms with Crippen molar-refractivity contribution in [2.24, 2.45) is 0 Å². The number of hydrogen-bond acceptors (Lipinski definition) is 7. The molecule has 0 saturated carbocycles. The third-order valence-electron chi connectivity index (χ3n) is 5.46. The van der Waals surface area contributed by atoms with E-state index in [-0.39, 0.29) is 19.1 Å². The number of nitrogens with one attached hydrogen (secondary N) is 1. The van der Waals surface area contributed by atoms with Crippen molar-refractivity contribution in [3.8, 4) is 22.9 Å². The number of ether oxygens (including phenoxy) is 4. The maximum atomic E-state index is 12.8. The number of nitrogens with zero attached hydrogens (tertiary/aromatic N) is 1. The van der Waals surface area contributed by atoms with Gasteiger partial charge in [0.25, 0.3) is 5.91 Å². The minimum atomic E-state index is -0.721. The van der Waals surface area contributed by atoms with Crippen molar-refractivity contribution in [3.05, 3.63) is 71.0 Å². The number of fused-ring (bicyclic) bond motifs is 1. The van der Waals surface area contributed by atoms with E-state index in [9.17, 15) is 14.4 Å². The summed E-state index contributed by atoms with van der Waals surface area (Å²) < 4.78 is 22.9. The van der Waals surface area contributed by atoms with Gasteiger partial charge in [-0.05, 0) is 44.2 Å². The average Bonchev–Trinajstić information content (AvgIpc) is 3.43. The lowest BCUT2D eigenvalue weighted by molar-refractivity contribution is -0.141. The van der Waals surface area contributed by atoms with E-state index in [0.717, 1.165) is 11.4 Å². The van der Waals surface area contributed by atoms with Crippen LogP contribution in [0.1, 0.15) is 32.1 Å². The molecule has 1 aliphatic rings. The molecule has 0 bridgehead atoms. The standard InChI is InChI=1S/C25H24N2O7/c1-15-10-19(16(2)27(15)17-8-9-22-23(11-17)34-14-33-22)20(28)13-32-24(29)12-26-25(30)18-6-4-5-7-21(18)31-3/h4-11H,12-14H2,1-3H3,(H,26,30). The van der Waals surface area contributed by atoms with Crippen molar-refractivity contribution in [2.45, 2.75) is 13.8 Å². The van der Waals surface area contributed by atoms with Gasteiger partial charge in [-0.3, -0.25) is 14.4 Å². The molecule has 176 valence electrons. The molecule has 2 heterocycles. The number of aryl methyl sites for hydroxylation is 1. The van der Waals surface area contributed by atoms with Crippen molar-refractivity contribution in [1.82, 2.24) is 9.88 Å². The molecule has 0 atom stereocenters. The van der Waals surface area contributed by atoms with Crippen LogP contribution in [-0.4, -0.2) is 49.3 Å². The molecule has 0 saturated heterocycles. The van der Waals surface area contributed by atoms with E-state index in [2.05, 4.69) is 5.32 Å². The fraction of sp³-hybridized carbons (Fsp3) is 0.240. The molecule has 9 heteroatoms. The molecule has 0 spiro atoms. The predicted octanol–water partition coefficient (Wildman–Crippen LogP) is 2.99. The van der Waals surface area contributed by atoms with Crippen LogP contribution in [0.2, 0.25) is 0 Å². The summed E-state index contributed by atoms with van der Waals surface area (Å²) in [6, 6.07) is 13.9. The molecular weight excluding hydrogens is 440 g/mol. The molecule has 1 N–H and O–H groups in total. The minimum absolute atomic E-state index is 0.177. The second-order valence-corrected chi connectivity index (χ2v) is 7.62. The molecule has 1 aliphatic heterocycles. The third-order valence-corrected chi connectivity index (χ3v) is 5.46. The highest BCUT2D eigenvalue weighted by Gasteiger charge is 2.21. The van der Waals surface area contributed by atoms with Gasteiger partial charge < -0.3 is 28.8 Å². The Labute approximate surface area is 196 Å². The zero-order valence-electron chi connectivity index (χ0n) is 19.0. The molecular formula is C25H24N2O7. The first-order chi connectivity index (χ1) is 16.4. The summed E-state index contributed by atoms with van der Waals surface area (Å²) in [5, 5.41) is 2.47. The Morgan fingerprint density at radius 1 is 1.00 bits per heavy atom. The van der Waals surface area contributed by atoms with Crippen LogP contribution in [0.3, 0.4) is 0 Å². The van der Waals surface area contributed by atoms with E-state index in [1.807, 2.05) is 36.6 Å². The number of aromatic nitrogens is 1. The van der Waals surface area contributed by atoms with Crippen LogP contribution in [0.4, 0.5) is 0 Å². The van der Waals surface area contributed by atoms with Gasteiger partial charge in [-0.2, -0.15) is 0 Å². The second kappa shape index (κ2) is 9.70. The number of ketones is 1. The van der Waals surface area contributed by atoms with Crippen LogP contribution in [0.15, 0.2) is 48.5 Å². The molecule has 3 aromatic rings. The van der Waals surface area contributed by atoms with E-state index in [1.165, 1.54) is 7.11 Å². The first-order valence-corrected chi connectivity index (χ1v) is 10.6. The predicted molar refractivity (Wildman–Crippen MR) is 122 cm³/mol. The molecule has 9 nitrogen and oxygen atoms in total. The van der Waals surface area contributed by atoms with Gasteiger partial charge in [-0.25, -0.2) is 0 Å². The van der Waals surface area contributed by atoms with Gasteiger partial charge in [0, 0.05) is 28.7 Å². The maximum Gasteiger partial charge on any atom is 0.325 e. The van der Waals surface area contributed by atoms with Gasteiger partial charge in [-0.1, -0.05) is 12.1 Å². The number of carbonyl (C=O) groups is 3. The highest BCUT2D eigenvalue weighted by Crippen LogP contribution is 2.35. The number of amides is 1. The molecule has 1 aromatic heterocycles. The van der Waals surface area contributed by atoms with E-state index in [1.54, 1.807) is 30.3 Å². The fourth-order valence-corrected chi connectivity index (χ4v) is 3.82. The smallest absolute Gasteiger partial charge is 0.325 e. The van der Waals surface area contributed by atoms with E-state index < -0.39 is 18.5 Å². The highest BCUT2D eigenvalue weighted by atomic mass is 16.7. The van der Waals surface area contributed by atoms with Crippen molar-refractivity contribution in [2.75, 3.05) is 27.1 Å². The number of rotatable bonds is 8. The molecule has 0 aliphatic carbocycles. The first kappa shape index (κ1) is 22.9. The number of carbonyl (C=O) groups excluding carboxylic acids is 3. The number of Topliss-reactive ketones (excluding diaryl/α,β-unsaturated/α-hetero) is 1. The lowest BCUT2D eigenvalue weighted by Gasteiger charge is -2.11. The molecule has 1 amide bonds. The van der Waals surface area contributed by atoms with E-state index in [0.29, 0.717) is 34.1 Å². The summed E-state index contributed by atoms with van der Waals surface area (Å²) >= 11 is 0. The molecule has 4 rings (SSSR count). The Kier molecular flexibility index (Phi) is 6.53. The Morgan fingerprint density at radius 3 is 2.56 bits per heavy atom. The van der Waals surface area contributed by atoms with Crippen LogP contribution in [0.25, 0.3) is 5.69 Å². The number of hydrogen-bond donors (Lipinski definition) is 1. The number of para-hydroxylation sites is 1. The zero-order chi connectivity index (χ0) is 24.2. The third kappa shape index (κ3) is 4.59. The van der Waals surface area contributed by atoms with Crippen molar-refractivity contribution >= 4 is 17.7 Å². The minimum Gasteiger partial charge on any atom is -0.496 e. The van der Waals surface area contributed by atoms with Gasteiger partial charge >= 0.3 is 5.97 Å². The van der Waals surface area contributed by atoms with Gasteiger partial charge in [-0.15, -0.1) is 0 Å². The van der Waals surface area contributed by atoms with Crippen LogP contribution in [0, 0.1) is 13.8 Å². The number of methoxy groups -OCH3 is 1. The highest BCUT2D eigenvalue weighted by molar-refractivity contribution is 6.00. The Bertz CT molecular complexity index is 1260. The number of esters is 1. The van der Waals surface area contributed by atoms with Crippen LogP contribution in [-0.2, 0) is 9.53 Å². The second-order valence-electron chi connectivity index (χ2n) is 7.62. The van der Waals surface area contributed by atoms with Gasteiger partial charge in [0.2, 0.25) is 12.6 Å². The van der Waals surface area contributed by atoms with Crippen molar-refractivity contribution in [1.29, 1.82) is 0 Å². The maximum absolute atomic E-state index is 12.8. The van der Waals surface area contributed by atoms with E-state index >= 15 is 0 Å². The summed E-state index contributed by atoms with van der Waals surface area (Å²) in [5.41, 5.74) is 3.12. The van der Waals surface area contributed by atoms with Crippen LogP contribution < -0.4 is 19.5 Å². The Hall–Kier alpha value is -4.27. The largest absolute Gasteiger partial charge is 0.496 e. The van der Waals surface area contributed by atoms with Gasteiger partial charge in [0.1, 0.15) is 12.3 Å². The average molecular weight is 464 g/mol. The molecule has 0 fully saturated rings. The summed E-state index contributed by atoms with van der Waals surface area (Å²) in [6.45, 7) is 3.07. The van der Waals surface area contributed by atoms with Crippen molar-refractivity contribution < 1.29 is 33.3 Å². The van der Waals surface area contributed by atoms with Crippen LogP contribution in [0.5, 0.6) is 17.2 Å². The molecule has 2 aromatic carbocycles. The summed E-state index contributed by atoms with van der Waals surface area (Å²) in [4.78, 5) is 37.2. The molecule has 34 heavy (non-hydrogen) atoms. The summed E-state index contributed by atoms with van der Waals surface area (Å²) in [5.74, 6) is 0.161. The molecule has 0 unspecified atom stereocenters. The lowest BCUT2D eigenvalue weighted by Crippen LogP contribution is -2.31. The topological polar surface area (TPSA) is 105 Å².